The summed E-state index contributed by atoms with van der Waals surface area (Å²) in [5, 5.41) is 0.932. The summed E-state index contributed by atoms with van der Waals surface area (Å²) >= 11 is 5.54. The molecule has 0 fully saturated rings. The van der Waals surface area contributed by atoms with Crippen molar-refractivity contribution < 1.29 is 0 Å². The molecule has 2 aromatic rings. The monoisotopic (exact) mass is 220 g/mol. The molecule has 0 bridgehead atoms. The summed E-state index contributed by atoms with van der Waals surface area (Å²) < 4.78 is 0. The van der Waals surface area contributed by atoms with Gasteiger partial charge in [0.15, 0.2) is 0 Å². The number of hydrogen-bond donors (Lipinski definition) is 1. The Labute approximate surface area is 91.8 Å². The van der Waals surface area contributed by atoms with E-state index in [1.165, 1.54) is 6.33 Å². The van der Waals surface area contributed by atoms with Gasteiger partial charge in [-0.3, -0.25) is 0 Å². The third kappa shape index (κ3) is 2.22. The molecule has 2 rings (SSSR count). The van der Waals surface area contributed by atoms with Crippen molar-refractivity contribution in [1.82, 2.24) is 9.97 Å². The van der Waals surface area contributed by atoms with E-state index < -0.39 is 0 Å². The van der Waals surface area contributed by atoms with Gasteiger partial charge in [-0.1, -0.05) is 0 Å². The second kappa shape index (κ2) is 4.23. The highest BCUT2D eigenvalue weighted by atomic mass is 35.5. The largest absolute Gasteiger partial charge is 0.386 e. The van der Waals surface area contributed by atoms with E-state index in [1.807, 2.05) is 18.2 Å². The molecule has 0 saturated carbocycles. The minimum Gasteiger partial charge on any atom is -0.386 e. The van der Waals surface area contributed by atoms with E-state index in [9.17, 15) is 0 Å². The lowest BCUT2D eigenvalue weighted by Gasteiger charge is -1.98. The number of rotatable bonds is 2. The first kappa shape index (κ1) is 9.86. The predicted octanol–water partition coefficient (Wildman–Crippen LogP) is 1.86. The number of benzene rings is 1. The molecule has 0 aliphatic heterocycles. The maximum absolute atomic E-state index is 5.54. The summed E-state index contributed by atoms with van der Waals surface area (Å²) in [7, 11) is 0. The molecule has 0 amide bonds. The molecule has 0 atom stereocenters. The summed E-state index contributed by atoms with van der Waals surface area (Å²) in [5.41, 5.74) is 7.18. The molecule has 0 aliphatic carbocycles. The zero-order valence-corrected chi connectivity index (χ0v) is 8.65. The smallest absolute Gasteiger partial charge is 0.116 e. The van der Waals surface area contributed by atoms with Crippen LogP contribution in [0, 0.1) is 0 Å². The quantitative estimate of drug-likeness (QED) is 0.477. The molecule has 15 heavy (non-hydrogen) atoms. The summed E-state index contributed by atoms with van der Waals surface area (Å²) in [4.78, 5) is 12.2. The lowest BCUT2D eigenvalue weighted by Crippen LogP contribution is -2.12. The van der Waals surface area contributed by atoms with Crippen LogP contribution in [0.3, 0.4) is 0 Å². The molecule has 1 aromatic carbocycles. The lowest BCUT2D eigenvalue weighted by atomic mass is 10.2. The van der Waals surface area contributed by atoms with Crippen molar-refractivity contribution in [2.45, 2.75) is 0 Å². The summed E-state index contributed by atoms with van der Waals surface area (Å²) in [5.74, 6) is 0.622. The Kier molecular flexibility index (Phi) is 2.78. The van der Waals surface area contributed by atoms with Crippen LogP contribution < -0.4 is 5.73 Å². The van der Waals surface area contributed by atoms with Gasteiger partial charge in [-0.05, 0) is 18.2 Å². The molecular weight excluding hydrogens is 212 g/mol. The van der Waals surface area contributed by atoms with E-state index in [4.69, 9.17) is 17.3 Å². The summed E-state index contributed by atoms with van der Waals surface area (Å²) in [6.45, 7) is 0. The fraction of sp³-hybridized carbons (Fsp3) is 0.100. The molecule has 0 spiro atoms. The number of fused-ring (bicyclic) bond motifs is 1. The zero-order valence-electron chi connectivity index (χ0n) is 7.89. The van der Waals surface area contributed by atoms with Gasteiger partial charge in [0.1, 0.15) is 12.2 Å². The highest BCUT2D eigenvalue weighted by Crippen LogP contribution is 2.18. The molecule has 1 heterocycles. The fourth-order valence-corrected chi connectivity index (χ4v) is 1.30. The van der Waals surface area contributed by atoms with Gasteiger partial charge in [-0.25, -0.2) is 15.0 Å². The molecule has 0 unspecified atom stereocenters. The van der Waals surface area contributed by atoms with Gasteiger partial charge in [0.25, 0.3) is 0 Å². The van der Waals surface area contributed by atoms with Crippen molar-refractivity contribution in [3.05, 3.63) is 30.7 Å². The Balaban J connectivity index is 2.47. The number of aromatic nitrogens is 2. The first-order valence-corrected chi connectivity index (χ1v) is 4.92. The summed E-state index contributed by atoms with van der Waals surface area (Å²) in [6, 6.07) is 5.58. The normalized spacial score (nSPS) is 11.9. The summed E-state index contributed by atoms with van der Waals surface area (Å²) in [6.07, 6.45) is 3.25. The van der Waals surface area contributed by atoms with Gasteiger partial charge >= 0.3 is 0 Å². The molecule has 1 aromatic heterocycles. The molecule has 2 N–H and O–H groups in total. The van der Waals surface area contributed by atoms with E-state index in [-0.39, 0.29) is 5.88 Å². The Bertz CT molecular complexity index is 510. The second-order valence-corrected chi connectivity index (χ2v) is 3.27. The number of alkyl halides is 1. The zero-order chi connectivity index (χ0) is 10.7. The molecule has 0 aliphatic rings. The highest BCUT2D eigenvalue weighted by molar-refractivity contribution is 6.28. The van der Waals surface area contributed by atoms with Crippen LogP contribution in [-0.2, 0) is 0 Å². The predicted molar refractivity (Wildman–Crippen MR) is 61.5 cm³/mol. The SMILES string of the molecule is NC(CCl)=Nc1ccc2ncncc2c1. The van der Waals surface area contributed by atoms with Crippen LogP contribution in [-0.4, -0.2) is 21.7 Å². The van der Waals surface area contributed by atoms with Crippen molar-refractivity contribution in [2.75, 3.05) is 5.88 Å². The molecule has 0 radical (unpaired) electrons. The second-order valence-electron chi connectivity index (χ2n) is 3.00. The molecular formula is C10H9ClN4. The van der Waals surface area contributed by atoms with E-state index in [0.717, 1.165) is 16.6 Å². The van der Waals surface area contributed by atoms with Gasteiger partial charge < -0.3 is 5.73 Å². The third-order valence-electron chi connectivity index (χ3n) is 1.90. The lowest BCUT2D eigenvalue weighted by molar-refractivity contribution is 1.22. The Hall–Kier alpha value is -1.68. The molecule has 4 nitrogen and oxygen atoms in total. The number of halogens is 1. The van der Waals surface area contributed by atoms with Gasteiger partial charge in [0.05, 0.1) is 17.1 Å². The van der Waals surface area contributed by atoms with Crippen LogP contribution >= 0.6 is 11.6 Å². The number of amidine groups is 1. The van der Waals surface area contributed by atoms with Crippen LogP contribution in [0.2, 0.25) is 0 Å². The van der Waals surface area contributed by atoms with Crippen molar-refractivity contribution in [2.24, 2.45) is 10.7 Å². The van der Waals surface area contributed by atoms with Crippen LogP contribution in [0.15, 0.2) is 35.7 Å². The number of hydrogen-bond acceptors (Lipinski definition) is 3. The number of nitrogens with two attached hydrogens (primary N) is 1. The number of nitrogens with zero attached hydrogens (tertiary/aromatic N) is 3. The molecule has 76 valence electrons. The minimum atomic E-state index is 0.226. The topological polar surface area (TPSA) is 64.2 Å². The van der Waals surface area contributed by atoms with Crippen LogP contribution in [0.1, 0.15) is 0 Å². The first-order chi connectivity index (χ1) is 7.29. The maximum atomic E-state index is 5.54. The number of aliphatic imine (C=N–C) groups is 1. The Morgan fingerprint density at radius 2 is 2.33 bits per heavy atom. The average Bonchev–Trinajstić information content (AvgIpc) is 2.29. The van der Waals surface area contributed by atoms with Gasteiger partial charge in [-0.15, -0.1) is 11.6 Å². The first-order valence-electron chi connectivity index (χ1n) is 4.38. The third-order valence-corrected chi connectivity index (χ3v) is 2.17. The molecule has 5 heteroatoms. The van der Waals surface area contributed by atoms with Crippen LogP contribution in [0.25, 0.3) is 10.9 Å². The average molecular weight is 221 g/mol. The van der Waals surface area contributed by atoms with Crippen molar-refractivity contribution in [3.8, 4) is 0 Å². The Morgan fingerprint density at radius 3 is 3.13 bits per heavy atom. The minimum absolute atomic E-state index is 0.226. The molecule has 0 saturated heterocycles. The van der Waals surface area contributed by atoms with Crippen molar-refractivity contribution >= 4 is 34.0 Å². The van der Waals surface area contributed by atoms with Crippen molar-refractivity contribution in [3.63, 3.8) is 0 Å². The van der Waals surface area contributed by atoms with Gasteiger partial charge in [0.2, 0.25) is 0 Å². The van der Waals surface area contributed by atoms with Gasteiger partial charge in [0, 0.05) is 11.6 Å². The fourth-order valence-electron chi connectivity index (χ4n) is 1.24. The Morgan fingerprint density at radius 1 is 1.47 bits per heavy atom. The van der Waals surface area contributed by atoms with Gasteiger partial charge in [-0.2, -0.15) is 0 Å². The van der Waals surface area contributed by atoms with E-state index >= 15 is 0 Å². The van der Waals surface area contributed by atoms with Crippen LogP contribution in [0.5, 0.6) is 0 Å². The van der Waals surface area contributed by atoms with Crippen LogP contribution in [0.4, 0.5) is 5.69 Å². The standard InChI is InChI=1S/C10H9ClN4/c11-4-10(12)15-8-1-2-9-7(3-8)5-13-6-14-9/h1-3,5-6H,4H2,(H2,12,15). The highest BCUT2D eigenvalue weighted by Gasteiger charge is 1.96. The van der Waals surface area contributed by atoms with E-state index in [0.29, 0.717) is 5.84 Å². The van der Waals surface area contributed by atoms with E-state index in [2.05, 4.69) is 15.0 Å². The van der Waals surface area contributed by atoms with Crippen molar-refractivity contribution in [1.29, 1.82) is 0 Å². The van der Waals surface area contributed by atoms with E-state index in [1.54, 1.807) is 6.20 Å². The maximum Gasteiger partial charge on any atom is 0.116 e.